The van der Waals surface area contributed by atoms with E-state index in [1.165, 1.54) is 6.92 Å². The lowest BCUT2D eigenvalue weighted by molar-refractivity contribution is -0.147. The molecule has 0 unspecified atom stereocenters. The van der Waals surface area contributed by atoms with Crippen molar-refractivity contribution in [2.45, 2.75) is 19.4 Å². The van der Waals surface area contributed by atoms with Gasteiger partial charge in [0.2, 0.25) is 16.2 Å². The molecular formula is C7H9NO5S. The molecule has 0 spiro atoms. The van der Waals surface area contributed by atoms with Crippen molar-refractivity contribution in [1.82, 2.24) is 4.90 Å². The third-order valence-corrected chi connectivity index (χ3v) is 2.84. The summed E-state index contributed by atoms with van der Waals surface area (Å²) in [6.45, 7) is 1.11. The number of likely N-dealkylation sites (tertiary alicyclic amines) is 1. The first-order valence-electron chi connectivity index (χ1n) is 3.87. The molecule has 1 saturated heterocycles. The van der Waals surface area contributed by atoms with Crippen molar-refractivity contribution in [3.05, 3.63) is 0 Å². The quantitative estimate of drug-likeness (QED) is 0.556. The lowest BCUT2D eigenvalue weighted by atomic mass is 10.2. The maximum atomic E-state index is 11.0. The molecule has 0 aromatic heterocycles. The molecule has 7 heteroatoms. The van der Waals surface area contributed by atoms with Crippen LogP contribution in [0.2, 0.25) is 0 Å². The van der Waals surface area contributed by atoms with E-state index in [1.54, 1.807) is 0 Å². The van der Waals surface area contributed by atoms with Crippen molar-refractivity contribution in [3.63, 3.8) is 0 Å². The summed E-state index contributed by atoms with van der Waals surface area (Å²) in [5.41, 5.74) is 0. The third kappa shape index (κ3) is 1.92. The van der Waals surface area contributed by atoms with Crippen molar-refractivity contribution in [2.24, 2.45) is 0 Å². The van der Waals surface area contributed by atoms with E-state index in [0.29, 0.717) is 0 Å². The Hall–Kier alpha value is -1.37. The van der Waals surface area contributed by atoms with E-state index < -0.39 is 28.2 Å². The zero-order valence-corrected chi connectivity index (χ0v) is 8.24. The minimum atomic E-state index is -2.41. The number of carboxylic acids is 1. The molecule has 0 aromatic rings. The Morgan fingerprint density at radius 3 is 2.36 bits per heavy atom. The molecule has 1 rings (SSSR count). The second kappa shape index (κ2) is 3.79. The molecule has 0 aromatic carbocycles. The smallest absolute Gasteiger partial charge is 0.326 e. The summed E-state index contributed by atoms with van der Waals surface area (Å²) in [7, 11) is -2.41. The third-order valence-electron chi connectivity index (χ3n) is 2.07. The highest BCUT2D eigenvalue weighted by molar-refractivity contribution is 7.73. The van der Waals surface area contributed by atoms with Gasteiger partial charge in [0.15, 0.2) is 0 Å². The van der Waals surface area contributed by atoms with Gasteiger partial charge in [-0.15, -0.1) is 0 Å². The standard InChI is InChI=1S/C7H9NO5S/c1-4(9)8-3-5(14(12)13)2-6(8)7(10)11/h6H,2-3H2,1H3,(H,10,11)/t6-/m0/s1. The predicted molar refractivity (Wildman–Crippen MR) is 47.4 cm³/mol. The van der Waals surface area contributed by atoms with Gasteiger partial charge >= 0.3 is 5.97 Å². The van der Waals surface area contributed by atoms with Gasteiger partial charge in [0.25, 0.3) is 0 Å². The fourth-order valence-corrected chi connectivity index (χ4v) is 1.90. The molecule has 1 aliphatic rings. The summed E-state index contributed by atoms with van der Waals surface area (Å²) in [6.07, 6.45) is -0.106. The molecule has 14 heavy (non-hydrogen) atoms. The van der Waals surface area contributed by atoms with Crippen LogP contribution in [0.15, 0.2) is 0 Å². The van der Waals surface area contributed by atoms with Gasteiger partial charge < -0.3 is 10.0 Å². The van der Waals surface area contributed by atoms with Gasteiger partial charge in [-0.1, -0.05) is 0 Å². The Bertz CT molecular complexity index is 378. The molecule has 1 amide bonds. The summed E-state index contributed by atoms with van der Waals surface area (Å²) in [6, 6.07) is -1.04. The number of hydrogen-bond donors (Lipinski definition) is 1. The van der Waals surface area contributed by atoms with Crippen LogP contribution in [-0.2, 0) is 19.9 Å². The Morgan fingerprint density at radius 2 is 2.07 bits per heavy atom. The van der Waals surface area contributed by atoms with Gasteiger partial charge in [-0.05, 0) is 0 Å². The number of carbonyl (C=O) groups excluding carboxylic acids is 1. The van der Waals surface area contributed by atoms with E-state index in [1.807, 2.05) is 0 Å². The second-order valence-corrected chi connectivity index (χ2v) is 4.03. The van der Waals surface area contributed by atoms with Crippen LogP contribution in [0.25, 0.3) is 0 Å². The van der Waals surface area contributed by atoms with Crippen LogP contribution in [0.4, 0.5) is 0 Å². The molecule has 6 nitrogen and oxygen atoms in total. The number of nitrogens with zero attached hydrogens (tertiary/aromatic N) is 1. The van der Waals surface area contributed by atoms with E-state index >= 15 is 0 Å². The highest BCUT2D eigenvalue weighted by atomic mass is 32.2. The van der Waals surface area contributed by atoms with Crippen LogP contribution >= 0.6 is 0 Å². The first kappa shape index (κ1) is 10.7. The van der Waals surface area contributed by atoms with E-state index in [4.69, 9.17) is 5.11 Å². The molecule has 1 fully saturated rings. The fraction of sp³-hybridized carbons (Fsp3) is 0.571. The zero-order valence-electron chi connectivity index (χ0n) is 7.43. The van der Waals surface area contributed by atoms with Gasteiger partial charge in [0.05, 0.1) is 11.4 Å². The Kier molecular flexibility index (Phi) is 2.90. The highest BCUT2D eigenvalue weighted by Gasteiger charge is 2.36. The topological polar surface area (TPSA) is 91.8 Å². The number of carboxylic acid groups (broad SMARTS) is 1. The van der Waals surface area contributed by atoms with Gasteiger partial charge in [0, 0.05) is 13.3 Å². The van der Waals surface area contributed by atoms with E-state index in [2.05, 4.69) is 0 Å². The van der Waals surface area contributed by atoms with Crippen molar-refractivity contribution >= 4 is 27.0 Å². The number of rotatable bonds is 1. The normalized spacial score (nSPS) is 21.1. The molecule has 0 bridgehead atoms. The van der Waals surface area contributed by atoms with E-state index in [9.17, 15) is 18.0 Å². The van der Waals surface area contributed by atoms with Crippen LogP contribution < -0.4 is 0 Å². The molecule has 0 saturated carbocycles. The predicted octanol–water partition coefficient (Wildman–Crippen LogP) is -1.26. The Balaban J connectivity index is 3.03. The monoisotopic (exact) mass is 219 g/mol. The molecule has 0 radical (unpaired) electrons. The highest BCUT2D eigenvalue weighted by Crippen LogP contribution is 2.15. The average molecular weight is 219 g/mol. The molecule has 0 aliphatic carbocycles. The summed E-state index contributed by atoms with van der Waals surface area (Å²) >= 11 is 0. The van der Waals surface area contributed by atoms with Crippen molar-refractivity contribution in [2.75, 3.05) is 6.54 Å². The van der Waals surface area contributed by atoms with E-state index in [0.717, 1.165) is 4.90 Å². The van der Waals surface area contributed by atoms with Crippen LogP contribution in [0, 0.1) is 0 Å². The first-order valence-corrected chi connectivity index (χ1v) is 4.95. The van der Waals surface area contributed by atoms with Gasteiger partial charge in [-0.25, -0.2) is 4.79 Å². The van der Waals surface area contributed by atoms with Crippen LogP contribution in [0.1, 0.15) is 13.3 Å². The molecule has 1 atom stereocenters. The SMILES string of the molecule is CC(=O)N1CC(=S(=O)=O)C[C@H]1C(=O)O. The Morgan fingerprint density at radius 1 is 1.50 bits per heavy atom. The molecule has 1 aliphatic heterocycles. The first-order chi connectivity index (χ1) is 6.43. The summed E-state index contributed by atoms with van der Waals surface area (Å²) in [5, 5.41) is 8.72. The second-order valence-electron chi connectivity index (χ2n) is 2.98. The van der Waals surface area contributed by atoms with Crippen molar-refractivity contribution < 1.29 is 23.1 Å². The number of carbonyl (C=O) groups is 2. The van der Waals surface area contributed by atoms with Gasteiger partial charge in [0.1, 0.15) is 6.04 Å². The largest absolute Gasteiger partial charge is 0.480 e. The van der Waals surface area contributed by atoms with Crippen LogP contribution in [0.3, 0.4) is 0 Å². The minimum absolute atomic E-state index is 0.0626. The fourth-order valence-electron chi connectivity index (χ4n) is 1.36. The molecule has 1 N–H and O–H groups in total. The van der Waals surface area contributed by atoms with Crippen molar-refractivity contribution in [1.29, 1.82) is 0 Å². The molecule has 1 heterocycles. The maximum Gasteiger partial charge on any atom is 0.326 e. The summed E-state index contributed by atoms with van der Waals surface area (Å²) < 4.78 is 21.1. The lowest BCUT2D eigenvalue weighted by Gasteiger charge is -2.17. The molecular weight excluding hydrogens is 210 g/mol. The average Bonchev–Trinajstić information content (AvgIpc) is 2.47. The zero-order chi connectivity index (χ0) is 10.9. The van der Waals surface area contributed by atoms with E-state index in [-0.39, 0.29) is 17.8 Å². The van der Waals surface area contributed by atoms with Crippen molar-refractivity contribution in [3.8, 4) is 0 Å². The lowest BCUT2D eigenvalue weighted by Crippen LogP contribution is -2.39. The summed E-state index contributed by atoms with van der Waals surface area (Å²) in [5.74, 6) is -1.61. The summed E-state index contributed by atoms with van der Waals surface area (Å²) in [4.78, 5) is 22.8. The number of amides is 1. The maximum absolute atomic E-state index is 11.0. The molecule has 78 valence electrons. The minimum Gasteiger partial charge on any atom is -0.480 e. The van der Waals surface area contributed by atoms with Crippen LogP contribution in [0.5, 0.6) is 0 Å². The number of hydrogen-bond acceptors (Lipinski definition) is 4. The van der Waals surface area contributed by atoms with Crippen LogP contribution in [-0.4, -0.2) is 47.8 Å². The van der Waals surface area contributed by atoms with Gasteiger partial charge in [-0.3, -0.25) is 4.79 Å². The van der Waals surface area contributed by atoms with Gasteiger partial charge in [-0.2, -0.15) is 8.42 Å². The number of aliphatic carboxylic acids is 1. The Labute approximate surface area is 81.7 Å².